The molecular formula is C9H10N4. The zero-order chi connectivity index (χ0) is 9.26. The summed E-state index contributed by atoms with van der Waals surface area (Å²) in [5.74, 6) is 0. The molecule has 4 nitrogen and oxygen atoms in total. The van der Waals surface area contributed by atoms with Crippen LogP contribution in [0.4, 0.5) is 11.4 Å². The van der Waals surface area contributed by atoms with Gasteiger partial charge in [-0.2, -0.15) is 5.10 Å². The van der Waals surface area contributed by atoms with Crippen molar-refractivity contribution in [3.05, 3.63) is 36.7 Å². The van der Waals surface area contributed by atoms with Crippen LogP contribution in [-0.4, -0.2) is 9.78 Å². The van der Waals surface area contributed by atoms with Crippen molar-refractivity contribution in [2.75, 3.05) is 11.5 Å². The van der Waals surface area contributed by atoms with Gasteiger partial charge in [-0.15, -0.1) is 0 Å². The van der Waals surface area contributed by atoms with Gasteiger partial charge in [0.05, 0.1) is 11.4 Å². The molecule has 1 aromatic carbocycles. The van der Waals surface area contributed by atoms with Gasteiger partial charge in [-0.25, -0.2) is 4.68 Å². The molecule has 2 rings (SSSR count). The maximum Gasteiger partial charge on any atom is 0.0876 e. The highest BCUT2D eigenvalue weighted by Gasteiger charge is 2.00. The van der Waals surface area contributed by atoms with Crippen LogP contribution >= 0.6 is 0 Å². The lowest BCUT2D eigenvalue weighted by Gasteiger charge is -2.05. The van der Waals surface area contributed by atoms with Crippen LogP contribution in [0, 0.1) is 0 Å². The van der Waals surface area contributed by atoms with E-state index in [0.717, 1.165) is 5.69 Å². The molecule has 0 amide bonds. The quantitative estimate of drug-likeness (QED) is 0.634. The summed E-state index contributed by atoms with van der Waals surface area (Å²) >= 11 is 0. The topological polar surface area (TPSA) is 69.9 Å². The van der Waals surface area contributed by atoms with Crippen molar-refractivity contribution in [1.29, 1.82) is 0 Å². The van der Waals surface area contributed by atoms with E-state index in [2.05, 4.69) is 5.10 Å². The number of nitrogen functional groups attached to an aromatic ring is 2. The molecule has 0 saturated carbocycles. The highest BCUT2D eigenvalue weighted by Crippen LogP contribution is 2.18. The van der Waals surface area contributed by atoms with Gasteiger partial charge in [0, 0.05) is 18.1 Å². The van der Waals surface area contributed by atoms with Crippen LogP contribution in [0.2, 0.25) is 0 Å². The zero-order valence-corrected chi connectivity index (χ0v) is 7.01. The smallest absolute Gasteiger partial charge is 0.0876 e. The molecule has 0 saturated heterocycles. The molecule has 0 aliphatic carbocycles. The molecular weight excluding hydrogens is 164 g/mol. The van der Waals surface area contributed by atoms with Gasteiger partial charge in [-0.05, 0) is 24.3 Å². The van der Waals surface area contributed by atoms with Crippen LogP contribution in [0.1, 0.15) is 0 Å². The van der Waals surface area contributed by atoms with E-state index in [9.17, 15) is 0 Å². The summed E-state index contributed by atoms with van der Waals surface area (Å²) in [6.45, 7) is 0. The highest BCUT2D eigenvalue weighted by molar-refractivity contribution is 5.63. The van der Waals surface area contributed by atoms with Crippen LogP contribution in [0.3, 0.4) is 0 Å². The van der Waals surface area contributed by atoms with Crippen molar-refractivity contribution >= 4 is 11.4 Å². The molecule has 2 aromatic rings. The molecule has 0 aliphatic rings. The number of hydrogen-bond acceptors (Lipinski definition) is 3. The molecule has 66 valence electrons. The average molecular weight is 174 g/mol. The molecule has 4 N–H and O–H groups in total. The molecule has 0 fully saturated rings. The first-order chi connectivity index (χ1) is 6.27. The van der Waals surface area contributed by atoms with Crippen LogP contribution in [0.25, 0.3) is 5.69 Å². The summed E-state index contributed by atoms with van der Waals surface area (Å²) in [6.07, 6.45) is 3.54. The lowest BCUT2D eigenvalue weighted by atomic mass is 10.2. The third kappa shape index (κ3) is 1.33. The van der Waals surface area contributed by atoms with Gasteiger partial charge in [0.1, 0.15) is 0 Å². The fourth-order valence-corrected chi connectivity index (χ4v) is 1.19. The number of nitrogens with two attached hydrogens (primary N) is 2. The van der Waals surface area contributed by atoms with Gasteiger partial charge >= 0.3 is 0 Å². The van der Waals surface area contributed by atoms with E-state index in [4.69, 9.17) is 11.5 Å². The third-order valence-electron chi connectivity index (χ3n) is 1.80. The molecule has 1 aromatic heterocycles. The van der Waals surface area contributed by atoms with Crippen molar-refractivity contribution in [3.8, 4) is 5.69 Å². The standard InChI is InChI=1S/C9H10N4/c10-7-2-3-9(8(11)6-7)13-5-1-4-12-13/h1-6H,10-11H2. The predicted molar refractivity (Wildman–Crippen MR) is 52.4 cm³/mol. The Labute approximate surface area is 75.8 Å². The number of nitrogens with zero attached hydrogens (tertiary/aromatic N) is 2. The Morgan fingerprint density at radius 1 is 1.23 bits per heavy atom. The normalized spacial score (nSPS) is 10.2. The van der Waals surface area contributed by atoms with E-state index in [-0.39, 0.29) is 0 Å². The summed E-state index contributed by atoms with van der Waals surface area (Å²) in [5.41, 5.74) is 13.5. The largest absolute Gasteiger partial charge is 0.399 e. The van der Waals surface area contributed by atoms with E-state index < -0.39 is 0 Å². The van der Waals surface area contributed by atoms with E-state index in [0.29, 0.717) is 11.4 Å². The fourth-order valence-electron chi connectivity index (χ4n) is 1.19. The van der Waals surface area contributed by atoms with Gasteiger partial charge < -0.3 is 11.5 Å². The predicted octanol–water partition coefficient (Wildman–Crippen LogP) is 1.04. The molecule has 4 heteroatoms. The summed E-state index contributed by atoms with van der Waals surface area (Å²) in [7, 11) is 0. The zero-order valence-electron chi connectivity index (χ0n) is 7.01. The second-order valence-corrected chi connectivity index (χ2v) is 2.77. The molecule has 0 spiro atoms. The Morgan fingerprint density at radius 3 is 2.69 bits per heavy atom. The van der Waals surface area contributed by atoms with Crippen molar-refractivity contribution < 1.29 is 0 Å². The van der Waals surface area contributed by atoms with Crippen molar-refractivity contribution in [3.63, 3.8) is 0 Å². The van der Waals surface area contributed by atoms with Gasteiger partial charge in [0.25, 0.3) is 0 Å². The number of benzene rings is 1. The minimum Gasteiger partial charge on any atom is -0.399 e. The second-order valence-electron chi connectivity index (χ2n) is 2.77. The van der Waals surface area contributed by atoms with Gasteiger partial charge in [0.15, 0.2) is 0 Å². The number of hydrogen-bond donors (Lipinski definition) is 2. The molecule has 0 bridgehead atoms. The number of rotatable bonds is 1. The van der Waals surface area contributed by atoms with Crippen molar-refractivity contribution in [1.82, 2.24) is 9.78 Å². The molecule has 0 aliphatic heterocycles. The molecule has 0 atom stereocenters. The lowest BCUT2D eigenvalue weighted by molar-refractivity contribution is 0.883. The van der Waals surface area contributed by atoms with E-state index in [1.807, 2.05) is 18.3 Å². The maximum atomic E-state index is 5.77. The summed E-state index contributed by atoms with van der Waals surface area (Å²) < 4.78 is 1.70. The summed E-state index contributed by atoms with van der Waals surface area (Å²) in [4.78, 5) is 0. The highest BCUT2D eigenvalue weighted by atomic mass is 15.3. The first-order valence-electron chi connectivity index (χ1n) is 3.92. The van der Waals surface area contributed by atoms with E-state index >= 15 is 0 Å². The minimum absolute atomic E-state index is 0.628. The Kier molecular flexibility index (Phi) is 1.66. The fraction of sp³-hybridized carbons (Fsp3) is 0. The average Bonchev–Trinajstić information content (AvgIpc) is 2.56. The van der Waals surface area contributed by atoms with Crippen LogP contribution in [0.15, 0.2) is 36.7 Å². The maximum absolute atomic E-state index is 5.77. The monoisotopic (exact) mass is 174 g/mol. The molecule has 13 heavy (non-hydrogen) atoms. The van der Waals surface area contributed by atoms with Crippen LogP contribution in [-0.2, 0) is 0 Å². The van der Waals surface area contributed by atoms with Crippen molar-refractivity contribution in [2.24, 2.45) is 0 Å². The number of anilines is 2. The van der Waals surface area contributed by atoms with Crippen LogP contribution < -0.4 is 11.5 Å². The summed E-state index contributed by atoms with van der Waals surface area (Å²) in [5, 5.41) is 4.07. The SMILES string of the molecule is Nc1ccc(-n2cccn2)c(N)c1. The second kappa shape index (κ2) is 2.82. The lowest BCUT2D eigenvalue weighted by Crippen LogP contribution is -2.00. The number of aromatic nitrogens is 2. The Hall–Kier alpha value is -1.97. The minimum atomic E-state index is 0.628. The van der Waals surface area contributed by atoms with Crippen molar-refractivity contribution in [2.45, 2.75) is 0 Å². The Bertz CT molecular complexity index is 406. The molecule has 0 unspecified atom stereocenters. The van der Waals surface area contributed by atoms with E-state index in [1.165, 1.54) is 0 Å². The Balaban J connectivity index is 2.53. The first kappa shape index (κ1) is 7.67. The molecule has 1 heterocycles. The van der Waals surface area contributed by atoms with Crippen LogP contribution in [0.5, 0.6) is 0 Å². The van der Waals surface area contributed by atoms with E-state index in [1.54, 1.807) is 23.0 Å². The first-order valence-corrected chi connectivity index (χ1v) is 3.92. The summed E-state index contributed by atoms with van der Waals surface area (Å²) in [6, 6.07) is 7.21. The molecule has 0 radical (unpaired) electrons. The Morgan fingerprint density at radius 2 is 2.08 bits per heavy atom. The van der Waals surface area contributed by atoms with Gasteiger partial charge in [0.2, 0.25) is 0 Å². The third-order valence-corrected chi connectivity index (χ3v) is 1.80. The van der Waals surface area contributed by atoms with Gasteiger partial charge in [-0.1, -0.05) is 0 Å². The van der Waals surface area contributed by atoms with Gasteiger partial charge in [-0.3, -0.25) is 0 Å².